The highest BCUT2D eigenvalue weighted by atomic mass is 16.5. The molecule has 1 saturated carbocycles. The first-order valence-electron chi connectivity index (χ1n) is 7.50. The largest absolute Gasteiger partial charge is 0.379 e. The van der Waals surface area contributed by atoms with Crippen LogP contribution in [0.5, 0.6) is 0 Å². The molecule has 0 saturated heterocycles. The van der Waals surface area contributed by atoms with Gasteiger partial charge in [0, 0.05) is 7.11 Å². The molecule has 0 amide bonds. The molecular weight excluding hydrogens is 234 g/mol. The Balaban J connectivity index is 2.24. The molecule has 19 heavy (non-hydrogen) atoms. The molecule has 1 aromatic rings. The lowest BCUT2D eigenvalue weighted by atomic mass is 9.93. The zero-order valence-corrected chi connectivity index (χ0v) is 12.7. The van der Waals surface area contributed by atoms with Crippen molar-refractivity contribution in [1.29, 1.82) is 0 Å². The lowest BCUT2D eigenvalue weighted by Gasteiger charge is -2.29. The normalized spacial score (nSPS) is 18.3. The molecule has 1 N–H and O–H groups in total. The van der Waals surface area contributed by atoms with E-state index in [2.05, 4.69) is 44.3 Å². The summed E-state index contributed by atoms with van der Waals surface area (Å²) in [5, 5.41) is 3.69. The van der Waals surface area contributed by atoms with Crippen molar-refractivity contribution in [3.05, 3.63) is 34.9 Å². The van der Waals surface area contributed by atoms with E-state index in [-0.39, 0.29) is 0 Å². The van der Waals surface area contributed by atoms with Gasteiger partial charge in [-0.2, -0.15) is 0 Å². The molecule has 0 radical (unpaired) electrons. The zero-order valence-electron chi connectivity index (χ0n) is 12.7. The van der Waals surface area contributed by atoms with Gasteiger partial charge < -0.3 is 10.1 Å². The summed E-state index contributed by atoms with van der Waals surface area (Å²) >= 11 is 0. The van der Waals surface area contributed by atoms with Gasteiger partial charge in [-0.1, -0.05) is 30.7 Å². The third-order valence-corrected chi connectivity index (χ3v) is 4.06. The van der Waals surface area contributed by atoms with E-state index in [4.69, 9.17) is 4.74 Å². The fourth-order valence-corrected chi connectivity index (χ4v) is 2.90. The van der Waals surface area contributed by atoms with Gasteiger partial charge in [0.25, 0.3) is 0 Å². The molecule has 2 unspecified atom stereocenters. The van der Waals surface area contributed by atoms with Gasteiger partial charge in [-0.3, -0.25) is 0 Å². The summed E-state index contributed by atoms with van der Waals surface area (Å²) in [7, 11) is 1.85. The molecule has 1 fully saturated rings. The van der Waals surface area contributed by atoms with E-state index in [1.807, 2.05) is 7.11 Å². The number of ether oxygens (including phenoxy) is 1. The van der Waals surface area contributed by atoms with Crippen LogP contribution in [0.4, 0.5) is 0 Å². The SMILES string of the molecule is CCCNC(c1ccc(C)cc1C)C(OC)C1CC1. The van der Waals surface area contributed by atoms with Crippen LogP contribution in [0.3, 0.4) is 0 Å². The molecule has 0 bridgehead atoms. The first kappa shape index (κ1) is 14.5. The van der Waals surface area contributed by atoms with Crippen molar-refractivity contribution in [1.82, 2.24) is 5.32 Å². The van der Waals surface area contributed by atoms with E-state index in [1.165, 1.54) is 29.5 Å². The van der Waals surface area contributed by atoms with E-state index < -0.39 is 0 Å². The van der Waals surface area contributed by atoms with Crippen molar-refractivity contribution in [3.8, 4) is 0 Å². The van der Waals surface area contributed by atoms with Crippen LogP contribution in [0.25, 0.3) is 0 Å². The summed E-state index contributed by atoms with van der Waals surface area (Å²) in [4.78, 5) is 0. The van der Waals surface area contributed by atoms with Crippen LogP contribution in [-0.2, 0) is 4.74 Å². The second-order valence-electron chi connectivity index (χ2n) is 5.83. The molecule has 2 heteroatoms. The Hall–Kier alpha value is -0.860. The van der Waals surface area contributed by atoms with Gasteiger partial charge in [0.15, 0.2) is 0 Å². The van der Waals surface area contributed by atoms with Crippen molar-refractivity contribution in [2.75, 3.05) is 13.7 Å². The Morgan fingerprint density at radius 2 is 2.05 bits per heavy atom. The van der Waals surface area contributed by atoms with Gasteiger partial charge in [-0.05, 0) is 56.7 Å². The van der Waals surface area contributed by atoms with Crippen molar-refractivity contribution in [2.45, 2.75) is 52.2 Å². The first-order chi connectivity index (χ1) is 9.17. The minimum Gasteiger partial charge on any atom is -0.379 e. The van der Waals surface area contributed by atoms with Crippen LogP contribution in [-0.4, -0.2) is 19.8 Å². The summed E-state index contributed by atoms with van der Waals surface area (Å²) < 4.78 is 5.81. The molecular formula is C17H27NO. The van der Waals surface area contributed by atoms with E-state index >= 15 is 0 Å². The number of aryl methyl sites for hydroxylation is 2. The minimum absolute atomic E-state index is 0.313. The smallest absolute Gasteiger partial charge is 0.0794 e. The first-order valence-corrected chi connectivity index (χ1v) is 7.50. The fourth-order valence-electron chi connectivity index (χ4n) is 2.90. The second kappa shape index (κ2) is 6.53. The van der Waals surface area contributed by atoms with Crippen LogP contribution in [0, 0.1) is 19.8 Å². The Labute approximate surface area is 117 Å². The Kier molecular flexibility index (Phi) is 5.00. The topological polar surface area (TPSA) is 21.3 Å². The lowest BCUT2D eigenvalue weighted by molar-refractivity contribution is 0.0505. The third-order valence-electron chi connectivity index (χ3n) is 4.06. The monoisotopic (exact) mass is 261 g/mol. The zero-order chi connectivity index (χ0) is 13.8. The average molecular weight is 261 g/mol. The Bertz CT molecular complexity index is 412. The van der Waals surface area contributed by atoms with Gasteiger partial charge in [0.2, 0.25) is 0 Å². The predicted molar refractivity (Wildman–Crippen MR) is 80.5 cm³/mol. The number of rotatable bonds is 7. The fraction of sp³-hybridized carbons (Fsp3) is 0.647. The molecule has 1 aliphatic rings. The molecule has 0 heterocycles. The maximum atomic E-state index is 5.81. The quantitative estimate of drug-likeness (QED) is 0.806. The molecule has 1 aromatic carbocycles. The summed E-state index contributed by atoms with van der Waals surface area (Å²) in [5.74, 6) is 0.736. The molecule has 1 aliphatic carbocycles. The molecule has 0 aliphatic heterocycles. The number of methoxy groups -OCH3 is 1. The number of nitrogens with one attached hydrogen (secondary N) is 1. The van der Waals surface area contributed by atoms with E-state index in [1.54, 1.807) is 0 Å². The van der Waals surface area contributed by atoms with Crippen molar-refractivity contribution in [3.63, 3.8) is 0 Å². The van der Waals surface area contributed by atoms with Crippen LogP contribution in [0.15, 0.2) is 18.2 Å². The maximum absolute atomic E-state index is 5.81. The van der Waals surface area contributed by atoms with Crippen LogP contribution >= 0.6 is 0 Å². The van der Waals surface area contributed by atoms with Crippen LogP contribution < -0.4 is 5.32 Å². The number of hydrogen-bond acceptors (Lipinski definition) is 2. The van der Waals surface area contributed by atoms with Gasteiger partial charge in [0.05, 0.1) is 12.1 Å². The Morgan fingerprint density at radius 1 is 1.32 bits per heavy atom. The number of hydrogen-bond donors (Lipinski definition) is 1. The molecule has 0 aromatic heterocycles. The highest BCUT2D eigenvalue weighted by Crippen LogP contribution is 2.40. The van der Waals surface area contributed by atoms with E-state index in [0.717, 1.165) is 18.9 Å². The van der Waals surface area contributed by atoms with Gasteiger partial charge in [0.1, 0.15) is 0 Å². The summed E-state index contributed by atoms with van der Waals surface area (Å²) in [6, 6.07) is 7.09. The second-order valence-corrected chi connectivity index (χ2v) is 5.83. The number of benzene rings is 1. The average Bonchev–Trinajstić information content (AvgIpc) is 3.19. The van der Waals surface area contributed by atoms with Gasteiger partial charge in [-0.15, -0.1) is 0 Å². The van der Waals surface area contributed by atoms with Crippen LogP contribution in [0.2, 0.25) is 0 Å². The summed E-state index contributed by atoms with van der Waals surface area (Å²) in [6.07, 6.45) is 4.09. The van der Waals surface area contributed by atoms with Gasteiger partial charge in [-0.25, -0.2) is 0 Å². The molecule has 2 nitrogen and oxygen atoms in total. The van der Waals surface area contributed by atoms with Crippen LogP contribution in [0.1, 0.15) is 48.9 Å². The summed E-state index contributed by atoms with van der Waals surface area (Å²) in [5.41, 5.74) is 4.10. The maximum Gasteiger partial charge on any atom is 0.0794 e. The standard InChI is InChI=1S/C17H27NO/c1-5-10-18-16(17(19-4)14-7-8-14)15-9-6-12(2)11-13(15)3/h6,9,11,14,16-18H,5,7-8,10H2,1-4H3. The third kappa shape index (κ3) is 3.58. The Morgan fingerprint density at radius 3 is 2.58 bits per heavy atom. The lowest BCUT2D eigenvalue weighted by Crippen LogP contribution is -2.35. The minimum atomic E-state index is 0.313. The highest BCUT2D eigenvalue weighted by Gasteiger charge is 2.37. The van der Waals surface area contributed by atoms with E-state index in [0.29, 0.717) is 12.1 Å². The highest BCUT2D eigenvalue weighted by molar-refractivity contribution is 5.33. The van der Waals surface area contributed by atoms with Crippen molar-refractivity contribution < 1.29 is 4.74 Å². The van der Waals surface area contributed by atoms with Crippen molar-refractivity contribution >= 4 is 0 Å². The molecule has 2 atom stereocenters. The summed E-state index contributed by atoms with van der Waals surface area (Å²) in [6.45, 7) is 7.62. The van der Waals surface area contributed by atoms with Crippen molar-refractivity contribution in [2.24, 2.45) is 5.92 Å². The molecule has 0 spiro atoms. The molecule has 2 rings (SSSR count). The van der Waals surface area contributed by atoms with E-state index in [9.17, 15) is 0 Å². The predicted octanol–water partition coefficient (Wildman–Crippen LogP) is 3.77. The van der Waals surface area contributed by atoms with Gasteiger partial charge >= 0.3 is 0 Å². The molecule has 106 valence electrons.